The fourth-order valence-electron chi connectivity index (χ4n) is 0.954. The molecule has 3 nitrogen and oxygen atoms in total. The maximum atomic E-state index is 12.2. The third-order valence-corrected chi connectivity index (χ3v) is 1.66. The molecule has 102 valence electrons. The van der Waals surface area contributed by atoms with Gasteiger partial charge in [0, 0.05) is 6.07 Å². The fraction of sp³-hybridized carbons (Fsp3) is 0. The topological polar surface area (TPSA) is 63.6 Å². The first-order valence-corrected chi connectivity index (χ1v) is 4.89. The standard InChI is InChI=1S/C8H5FN.C5H5.2CO.Fe/c9-8-3-1-7(2-4-8)5-6-10;1-2-4-5-3-1;2*1-2;/h1-5H;1-5H;;;/q2*-1;;;+2. The van der Waals surface area contributed by atoms with E-state index in [1.807, 2.05) is 36.4 Å². The van der Waals surface area contributed by atoms with Crippen molar-refractivity contribution in [1.29, 1.82) is 5.26 Å². The summed E-state index contributed by atoms with van der Waals surface area (Å²) in [6.07, 6.45) is 1.36. The Kier molecular flexibility index (Phi) is 22.1. The van der Waals surface area contributed by atoms with Gasteiger partial charge in [0.2, 0.25) is 0 Å². The fourth-order valence-corrected chi connectivity index (χ4v) is 0.954. The minimum atomic E-state index is -0.282. The number of nitrogens with zero attached hydrogens (tertiary/aromatic N) is 1. The summed E-state index contributed by atoms with van der Waals surface area (Å²) in [6, 6.07) is 17.6. The van der Waals surface area contributed by atoms with Crippen molar-refractivity contribution in [2.45, 2.75) is 0 Å². The summed E-state index contributed by atoms with van der Waals surface area (Å²) in [5.41, 5.74) is 0.726. The minimum Gasteiger partial charge on any atom is -0.214 e. The Bertz CT molecular complexity index is 461. The molecule has 0 aliphatic carbocycles. The third-order valence-electron chi connectivity index (χ3n) is 1.66. The van der Waals surface area contributed by atoms with Gasteiger partial charge in [-0.1, -0.05) is 18.6 Å². The quantitative estimate of drug-likeness (QED) is 0.453. The Morgan fingerprint density at radius 3 is 1.80 bits per heavy atom. The number of hydrogen-bond donors (Lipinski definition) is 0. The predicted octanol–water partition coefficient (Wildman–Crippen LogP) is 3.23. The van der Waals surface area contributed by atoms with E-state index in [1.54, 1.807) is 12.1 Å². The van der Waals surface area contributed by atoms with Crippen LogP contribution in [-0.2, 0) is 26.4 Å². The van der Waals surface area contributed by atoms with E-state index >= 15 is 0 Å². The van der Waals surface area contributed by atoms with Crippen LogP contribution in [-0.4, -0.2) is 0 Å². The average molecular weight is 311 g/mol. The van der Waals surface area contributed by atoms with Gasteiger partial charge in [0.25, 0.3) is 0 Å². The largest absolute Gasteiger partial charge is 2.00 e. The van der Waals surface area contributed by atoms with Gasteiger partial charge in [-0.3, -0.25) is 0 Å². The molecule has 0 atom stereocenters. The van der Waals surface area contributed by atoms with Gasteiger partial charge >= 0.3 is 39.7 Å². The van der Waals surface area contributed by atoms with Gasteiger partial charge in [-0.05, 0) is 0 Å². The van der Waals surface area contributed by atoms with E-state index in [2.05, 4.69) is 13.3 Å². The molecule has 2 rings (SSSR count). The zero-order chi connectivity index (χ0) is 14.9. The van der Waals surface area contributed by atoms with Gasteiger partial charge in [-0.2, -0.15) is 35.9 Å². The van der Waals surface area contributed by atoms with Gasteiger partial charge in [0.15, 0.2) is 0 Å². The molecule has 0 aliphatic rings. The number of halogens is 1. The molecule has 2 aromatic rings. The maximum Gasteiger partial charge on any atom is 2.00 e. The van der Waals surface area contributed by atoms with Crippen LogP contribution >= 0.6 is 0 Å². The molecule has 0 aliphatic heterocycles. The van der Waals surface area contributed by atoms with Crippen molar-refractivity contribution in [2.24, 2.45) is 0 Å². The Hall–Kier alpha value is -2.14. The summed E-state index contributed by atoms with van der Waals surface area (Å²) in [4.78, 5) is 0. The summed E-state index contributed by atoms with van der Waals surface area (Å²) < 4.78 is 27.2. The van der Waals surface area contributed by atoms with E-state index in [9.17, 15) is 4.39 Å². The monoisotopic (exact) mass is 311 g/mol. The maximum absolute atomic E-state index is 12.2. The molecule has 0 amide bonds. The molecular formula is C15H10FFeNO2. The van der Waals surface area contributed by atoms with E-state index in [4.69, 9.17) is 14.6 Å². The van der Waals surface area contributed by atoms with Crippen LogP contribution in [0.1, 0.15) is 5.56 Å². The second kappa shape index (κ2) is 19.2. The van der Waals surface area contributed by atoms with Crippen molar-refractivity contribution in [1.82, 2.24) is 0 Å². The van der Waals surface area contributed by atoms with Gasteiger partial charge in [0.1, 0.15) is 0 Å². The van der Waals surface area contributed by atoms with Crippen LogP contribution < -0.4 is 0 Å². The smallest absolute Gasteiger partial charge is 0.214 e. The van der Waals surface area contributed by atoms with Gasteiger partial charge in [-0.15, -0.1) is 0 Å². The Morgan fingerprint density at radius 2 is 1.50 bits per heavy atom. The van der Waals surface area contributed by atoms with Crippen molar-refractivity contribution < 1.29 is 30.8 Å². The molecule has 0 unspecified atom stereocenters. The molecule has 20 heavy (non-hydrogen) atoms. The Labute approximate surface area is 128 Å². The van der Waals surface area contributed by atoms with Crippen molar-refractivity contribution in [2.75, 3.05) is 0 Å². The SMILES string of the molecule is N#C[CH-]c1ccc(F)cc1.[C-]#[O+].[C-]#[O+].[Fe+2].c1cc[cH-]c1. The van der Waals surface area contributed by atoms with Crippen molar-refractivity contribution in [3.63, 3.8) is 0 Å². The van der Waals surface area contributed by atoms with Crippen LogP contribution in [0.25, 0.3) is 0 Å². The first-order chi connectivity index (χ1) is 9.33. The molecule has 0 bridgehead atoms. The molecular weight excluding hydrogens is 301 g/mol. The summed E-state index contributed by atoms with van der Waals surface area (Å²) in [5, 5.41) is 8.19. The average Bonchev–Trinajstić information content (AvgIpc) is 3.06. The molecule has 0 heterocycles. The van der Waals surface area contributed by atoms with Crippen LogP contribution in [0.3, 0.4) is 0 Å². The Balaban J connectivity index is -0.000000246. The van der Waals surface area contributed by atoms with E-state index in [0.29, 0.717) is 0 Å². The number of nitriles is 1. The van der Waals surface area contributed by atoms with Crippen molar-refractivity contribution in [3.05, 3.63) is 85.7 Å². The number of hydrogen-bond acceptors (Lipinski definition) is 1. The number of benzene rings is 1. The molecule has 0 fully saturated rings. The van der Waals surface area contributed by atoms with Gasteiger partial charge in [-0.25, -0.2) is 21.8 Å². The molecule has 0 saturated heterocycles. The molecule has 0 aromatic heterocycles. The first-order valence-electron chi connectivity index (χ1n) is 4.89. The number of rotatable bonds is 1. The molecule has 0 saturated carbocycles. The van der Waals surface area contributed by atoms with Crippen molar-refractivity contribution >= 4 is 0 Å². The van der Waals surface area contributed by atoms with E-state index < -0.39 is 0 Å². The molecule has 5 heteroatoms. The normalized spacial score (nSPS) is 6.40. The van der Waals surface area contributed by atoms with E-state index in [1.165, 1.54) is 18.6 Å². The van der Waals surface area contributed by atoms with Crippen LogP contribution in [0.15, 0.2) is 54.6 Å². The summed E-state index contributed by atoms with van der Waals surface area (Å²) in [7, 11) is 0. The zero-order valence-corrected chi connectivity index (χ0v) is 11.4. The van der Waals surface area contributed by atoms with Gasteiger partial charge in [0.05, 0.1) is 5.82 Å². The van der Waals surface area contributed by atoms with Crippen LogP contribution in [0.5, 0.6) is 0 Å². The van der Waals surface area contributed by atoms with E-state index in [-0.39, 0.29) is 22.9 Å². The van der Waals surface area contributed by atoms with Crippen LogP contribution in [0.2, 0.25) is 0 Å². The summed E-state index contributed by atoms with van der Waals surface area (Å²) in [5.74, 6) is -0.282. The second-order valence-corrected chi connectivity index (χ2v) is 2.79. The predicted molar refractivity (Wildman–Crippen MR) is 65.3 cm³/mol. The molecule has 0 spiro atoms. The van der Waals surface area contributed by atoms with E-state index in [0.717, 1.165) is 5.56 Å². The van der Waals surface area contributed by atoms with Gasteiger partial charge < -0.3 is 0 Å². The Morgan fingerprint density at radius 1 is 1.05 bits per heavy atom. The summed E-state index contributed by atoms with van der Waals surface area (Å²) in [6.45, 7) is 9.00. The third kappa shape index (κ3) is 13.9. The molecule has 2 aromatic carbocycles. The van der Waals surface area contributed by atoms with Crippen molar-refractivity contribution in [3.8, 4) is 6.07 Å². The summed E-state index contributed by atoms with van der Waals surface area (Å²) >= 11 is 0. The second-order valence-electron chi connectivity index (χ2n) is 2.79. The van der Waals surface area contributed by atoms with Crippen LogP contribution in [0, 0.1) is 36.9 Å². The van der Waals surface area contributed by atoms with Crippen LogP contribution in [0.4, 0.5) is 4.39 Å². The first kappa shape index (κ1) is 23.0. The molecule has 0 radical (unpaired) electrons. The molecule has 0 N–H and O–H groups in total. The zero-order valence-electron chi connectivity index (χ0n) is 10.3. The minimum absolute atomic E-state index is 0.